The van der Waals surface area contributed by atoms with Gasteiger partial charge in [-0.1, -0.05) is 6.07 Å². The number of esters is 1. The molecule has 12 nitrogen and oxygen atoms in total. The van der Waals surface area contributed by atoms with Crippen molar-refractivity contribution in [2.45, 2.75) is 32.2 Å². The molecule has 36 heavy (non-hydrogen) atoms. The predicted molar refractivity (Wildman–Crippen MR) is 129 cm³/mol. The fourth-order valence-corrected chi connectivity index (χ4v) is 4.71. The highest BCUT2D eigenvalue weighted by molar-refractivity contribution is 5.92. The van der Waals surface area contributed by atoms with Crippen molar-refractivity contribution in [3.05, 3.63) is 65.4 Å². The lowest BCUT2D eigenvalue weighted by Gasteiger charge is -2.34. The van der Waals surface area contributed by atoms with Gasteiger partial charge in [-0.3, -0.25) is 10.6 Å². The van der Waals surface area contributed by atoms with E-state index in [9.17, 15) is 9.59 Å². The van der Waals surface area contributed by atoms with Crippen molar-refractivity contribution in [3.8, 4) is 0 Å². The molecule has 1 fully saturated rings. The molecule has 12 heteroatoms. The van der Waals surface area contributed by atoms with Crippen LogP contribution in [-0.2, 0) is 20.7 Å². The second kappa shape index (κ2) is 9.22. The largest absolute Gasteiger partial charge is 0.460 e. The smallest absolute Gasteiger partial charge is 0.392 e. The average molecular weight is 492 g/mol. The number of nitrogens with one attached hydrogen (secondary N) is 4. The number of cyclic esters (lactones) is 1. The number of hydrogen-bond donors (Lipinski definition) is 4. The summed E-state index contributed by atoms with van der Waals surface area (Å²) in [7, 11) is 0. The minimum Gasteiger partial charge on any atom is -0.460 e. The van der Waals surface area contributed by atoms with Crippen LogP contribution < -0.4 is 21.7 Å². The first-order valence-electron chi connectivity index (χ1n) is 11.9. The Labute approximate surface area is 207 Å². The number of nitrogens with zero attached hydrogens (tertiary/aromatic N) is 4. The normalized spacial score (nSPS) is 26.6. The second-order valence-electron chi connectivity index (χ2n) is 9.25. The first-order chi connectivity index (χ1) is 17.5. The van der Waals surface area contributed by atoms with Gasteiger partial charge in [-0.15, -0.1) is 10.1 Å². The number of benzene rings is 1. The van der Waals surface area contributed by atoms with Crippen molar-refractivity contribution < 1.29 is 23.6 Å². The SMILES string of the molecule is C[C@@H]1Cc2cc(C3=CN4C=C[N+](C(=O)CC5CNC(N6C=NNN6)NC5)=CC4=CO3)ccc2C(=O)O1. The van der Waals surface area contributed by atoms with Crippen molar-refractivity contribution in [3.63, 3.8) is 0 Å². The van der Waals surface area contributed by atoms with Gasteiger partial charge in [-0.05, 0) is 30.5 Å². The summed E-state index contributed by atoms with van der Waals surface area (Å²) in [6, 6.07) is 5.61. The maximum atomic E-state index is 12.9. The van der Waals surface area contributed by atoms with E-state index in [2.05, 4.69) is 26.8 Å². The van der Waals surface area contributed by atoms with E-state index in [0.29, 0.717) is 37.3 Å². The first-order valence-corrected chi connectivity index (χ1v) is 11.9. The molecule has 1 saturated heterocycles. The summed E-state index contributed by atoms with van der Waals surface area (Å²) in [4.78, 5) is 27.0. The number of rotatable bonds is 4. The summed E-state index contributed by atoms with van der Waals surface area (Å²) in [5, 5.41) is 12.4. The summed E-state index contributed by atoms with van der Waals surface area (Å²) in [5.74, 6) is 0.539. The van der Waals surface area contributed by atoms with Gasteiger partial charge in [0.1, 0.15) is 30.2 Å². The van der Waals surface area contributed by atoms with Crippen LogP contribution in [0.4, 0.5) is 0 Å². The van der Waals surface area contributed by atoms with Gasteiger partial charge in [0.15, 0.2) is 12.5 Å². The molecule has 0 aromatic heterocycles. The molecule has 5 aliphatic heterocycles. The molecule has 0 radical (unpaired) electrons. The lowest BCUT2D eigenvalue weighted by Crippen LogP contribution is -2.63. The van der Waals surface area contributed by atoms with E-state index in [4.69, 9.17) is 9.47 Å². The summed E-state index contributed by atoms with van der Waals surface area (Å²) in [6.07, 6.45) is 11.3. The van der Waals surface area contributed by atoms with Gasteiger partial charge in [0.2, 0.25) is 6.21 Å². The molecule has 5 aliphatic rings. The van der Waals surface area contributed by atoms with E-state index >= 15 is 0 Å². The van der Waals surface area contributed by atoms with Crippen LogP contribution in [0, 0.1) is 5.92 Å². The summed E-state index contributed by atoms with van der Waals surface area (Å²) >= 11 is 0. The zero-order valence-electron chi connectivity index (χ0n) is 19.7. The Balaban J connectivity index is 1.08. The number of hydrazone groups is 1. The van der Waals surface area contributed by atoms with E-state index in [-0.39, 0.29) is 30.2 Å². The molecule has 186 valence electrons. The molecule has 0 spiro atoms. The van der Waals surface area contributed by atoms with Gasteiger partial charge in [0.05, 0.1) is 24.4 Å². The van der Waals surface area contributed by atoms with Gasteiger partial charge in [-0.2, -0.15) is 5.10 Å². The van der Waals surface area contributed by atoms with Gasteiger partial charge in [0, 0.05) is 25.1 Å². The number of carbonyl (C=O) groups excluding carboxylic acids is 2. The van der Waals surface area contributed by atoms with Gasteiger partial charge >= 0.3 is 11.9 Å². The Morgan fingerprint density at radius 2 is 2.14 bits per heavy atom. The topological polar surface area (TPSA) is 123 Å². The van der Waals surface area contributed by atoms with E-state index in [1.54, 1.807) is 40.7 Å². The number of carbonyl (C=O) groups is 2. The van der Waals surface area contributed by atoms with Gasteiger partial charge < -0.3 is 14.4 Å². The quantitative estimate of drug-likeness (QED) is 0.341. The third-order valence-corrected chi connectivity index (χ3v) is 6.60. The highest BCUT2D eigenvalue weighted by Crippen LogP contribution is 2.29. The first kappa shape index (κ1) is 22.5. The highest BCUT2D eigenvalue weighted by Gasteiger charge is 2.31. The zero-order valence-corrected chi connectivity index (χ0v) is 19.7. The molecule has 1 amide bonds. The number of amides is 1. The van der Waals surface area contributed by atoms with Crippen molar-refractivity contribution >= 4 is 30.2 Å². The average Bonchev–Trinajstić information content (AvgIpc) is 3.43. The van der Waals surface area contributed by atoms with Crippen LogP contribution in [0.1, 0.15) is 34.8 Å². The molecule has 5 heterocycles. The molecule has 1 aromatic rings. The minimum atomic E-state index is -0.288. The van der Waals surface area contributed by atoms with Crippen molar-refractivity contribution in [1.29, 1.82) is 0 Å². The number of fused-ring (bicyclic) bond motifs is 2. The van der Waals surface area contributed by atoms with Crippen LogP contribution >= 0.6 is 0 Å². The van der Waals surface area contributed by atoms with E-state index in [0.717, 1.165) is 16.8 Å². The van der Waals surface area contributed by atoms with Crippen LogP contribution in [0.2, 0.25) is 0 Å². The summed E-state index contributed by atoms with van der Waals surface area (Å²) in [5.41, 5.74) is 8.72. The molecular weight excluding hydrogens is 464 g/mol. The van der Waals surface area contributed by atoms with E-state index < -0.39 is 0 Å². The number of ether oxygens (including phenoxy) is 2. The van der Waals surface area contributed by atoms with Crippen molar-refractivity contribution in [2.24, 2.45) is 11.0 Å². The Morgan fingerprint density at radius 1 is 1.28 bits per heavy atom. The minimum absolute atomic E-state index is 0.00634. The molecule has 6 rings (SSSR count). The number of hydrazine groups is 2. The van der Waals surface area contributed by atoms with E-state index in [1.165, 1.54) is 0 Å². The van der Waals surface area contributed by atoms with Crippen LogP contribution in [0.15, 0.2) is 53.9 Å². The highest BCUT2D eigenvalue weighted by atomic mass is 16.5. The van der Waals surface area contributed by atoms with Gasteiger partial charge in [-0.25, -0.2) is 20.1 Å². The molecule has 1 atom stereocenters. The maximum Gasteiger partial charge on any atom is 0.392 e. The predicted octanol–water partition coefficient (Wildman–Crippen LogP) is 0.106. The molecule has 4 N–H and O–H groups in total. The fraction of sp³-hybridized carbons (Fsp3) is 0.333. The van der Waals surface area contributed by atoms with Crippen LogP contribution in [0.3, 0.4) is 0 Å². The summed E-state index contributed by atoms with van der Waals surface area (Å²) < 4.78 is 12.8. The molecular formula is C24H27N8O4+. The lowest BCUT2D eigenvalue weighted by atomic mass is 9.96. The van der Waals surface area contributed by atoms with Crippen molar-refractivity contribution in [2.75, 3.05) is 13.1 Å². The molecule has 0 bridgehead atoms. The molecule has 1 aromatic carbocycles. The lowest BCUT2D eigenvalue weighted by molar-refractivity contribution is -0.380. The Kier molecular flexibility index (Phi) is 5.76. The standard InChI is InChI=1S/C24H27N8O4/c1-15-6-18-8-17(2-3-20(18)23(34)36-15)21-12-30-4-5-31(11-19(30)13-35-21)22(33)7-16-9-25-24(26-10-16)32-14-27-28-29-32/h2-5,8,11-16,24-26,28-29H,6-7,9-10H2,1H3/q+1/t15-,16?,24?/m1/s1. The Morgan fingerprint density at radius 3 is 2.94 bits per heavy atom. The molecule has 0 aliphatic carbocycles. The Bertz CT molecular complexity index is 1240. The van der Waals surface area contributed by atoms with Gasteiger partial charge in [0.25, 0.3) is 0 Å². The fourth-order valence-electron chi connectivity index (χ4n) is 4.71. The van der Waals surface area contributed by atoms with Crippen LogP contribution in [0.25, 0.3) is 5.76 Å². The number of hydrogen-bond acceptors (Lipinski definition) is 11. The monoisotopic (exact) mass is 491 g/mol. The summed E-state index contributed by atoms with van der Waals surface area (Å²) in [6.45, 7) is 3.29. The van der Waals surface area contributed by atoms with Crippen LogP contribution in [0.5, 0.6) is 0 Å². The third kappa shape index (κ3) is 4.37. The van der Waals surface area contributed by atoms with E-state index in [1.807, 2.05) is 36.4 Å². The number of allylic oxidation sites excluding steroid dienone is 1. The maximum absolute atomic E-state index is 12.9. The molecule has 0 unspecified atom stereocenters. The third-order valence-electron chi connectivity index (χ3n) is 6.60. The second-order valence-corrected chi connectivity index (χ2v) is 9.25. The molecule has 0 saturated carbocycles. The van der Waals surface area contributed by atoms with Crippen molar-refractivity contribution in [1.82, 2.24) is 31.6 Å². The van der Waals surface area contributed by atoms with Crippen LogP contribution in [-0.4, -0.2) is 64.4 Å². The Hall–Kier alpha value is -4.00. The zero-order chi connectivity index (χ0) is 24.6.